The molecule has 1 rings (SSSR count). The molecule has 0 unspecified atom stereocenters. The molecule has 0 aromatic carbocycles. The molecule has 0 spiro atoms. The summed E-state index contributed by atoms with van der Waals surface area (Å²) < 4.78 is 0. The van der Waals surface area contributed by atoms with Gasteiger partial charge < -0.3 is 10.2 Å². The maximum atomic E-state index is 12.0. The summed E-state index contributed by atoms with van der Waals surface area (Å²) in [5, 5.41) is 2.93. The van der Waals surface area contributed by atoms with Gasteiger partial charge in [-0.1, -0.05) is 47.8 Å². The van der Waals surface area contributed by atoms with Gasteiger partial charge in [-0.2, -0.15) is 0 Å². The zero-order chi connectivity index (χ0) is 18.3. The highest BCUT2D eigenvalue weighted by molar-refractivity contribution is 5.82. The Kier molecular flexibility index (Phi) is 7.97. The lowest BCUT2D eigenvalue weighted by molar-refractivity contribution is -0.127. The van der Waals surface area contributed by atoms with Crippen LogP contribution in [0.2, 0.25) is 0 Å². The molecule has 138 valence electrons. The van der Waals surface area contributed by atoms with Crippen molar-refractivity contribution in [2.24, 2.45) is 5.41 Å². The fourth-order valence-electron chi connectivity index (χ4n) is 2.69. The van der Waals surface area contributed by atoms with Gasteiger partial charge in [0, 0.05) is 56.1 Å². The Morgan fingerprint density at radius 3 is 2.08 bits per heavy atom. The second-order valence-corrected chi connectivity index (χ2v) is 7.60. The third kappa shape index (κ3) is 6.65. The molecule has 0 aromatic heterocycles. The van der Waals surface area contributed by atoms with E-state index in [0.717, 1.165) is 58.1 Å². The first-order valence-electron chi connectivity index (χ1n) is 9.04. The molecular weight excluding hydrogens is 300 g/mol. The minimum atomic E-state index is -0.385. The topological polar surface area (TPSA) is 38.8 Å². The number of nitrogens with zero attached hydrogens (tertiary/aromatic N) is 3. The zero-order valence-corrected chi connectivity index (χ0v) is 16.3. The first-order chi connectivity index (χ1) is 11.2. The quantitative estimate of drug-likeness (QED) is 0.737. The molecule has 1 aliphatic rings. The summed E-state index contributed by atoms with van der Waals surface area (Å²) in [6.07, 6.45) is 0. The third-order valence-corrected chi connectivity index (χ3v) is 4.51. The standard InChI is InChI=1S/C19H36N4O/c1-8-21(9-2)15-17(4)23-12-10-22(11-13-23)14-16(3)20-18(24)19(5,6)7/h3-4,8-15H2,1-2,5-7H3,(H,20,24). The van der Waals surface area contributed by atoms with Crippen LogP contribution < -0.4 is 5.32 Å². The van der Waals surface area contributed by atoms with E-state index in [2.05, 4.69) is 47.0 Å². The number of amides is 1. The van der Waals surface area contributed by atoms with Crippen LogP contribution >= 0.6 is 0 Å². The molecule has 0 aliphatic carbocycles. The van der Waals surface area contributed by atoms with Gasteiger partial charge in [-0.15, -0.1) is 0 Å². The normalized spacial score (nSPS) is 16.3. The summed E-state index contributed by atoms with van der Waals surface area (Å²) >= 11 is 0. The highest BCUT2D eigenvalue weighted by atomic mass is 16.2. The summed E-state index contributed by atoms with van der Waals surface area (Å²) in [6.45, 7) is 26.1. The Morgan fingerprint density at radius 1 is 1.08 bits per heavy atom. The van der Waals surface area contributed by atoms with E-state index in [4.69, 9.17) is 0 Å². The van der Waals surface area contributed by atoms with Crippen molar-refractivity contribution >= 4 is 5.91 Å². The highest BCUT2D eigenvalue weighted by Crippen LogP contribution is 2.14. The predicted octanol–water partition coefficient (Wildman–Crippen LogP) is 2.14. The molecular formula is C19H36N4O. The number of carbonyl (C=O) groups excluding carboxylic acids is 1. The summed E-state index contributed by atoms with van der Waals surface area (Å²) in [5.41, 5.74) is 1.60. The average Bonchev–Trinajstić information content (AvgIpc) is 2.52. The predicted molar refractivity (Wildman–Crippen MR) is 102 cm³/mol. The lowest BCUT2D eigenvalue weighted by Crippen LogP contribution is -2.48. The van der Waals surface area contributed by atoms with Crippen LogP contribution in [0.4, 0.5) is 0 Å². The van der Waals surface area contributed by atoms with Crippen LogP contribution in [0.25, 0.3) is 0 Å². The molecule has 0 saturated carbocycles. The molecule has 1 fully saturated rings. The number of hydrogen-bond acceptors (Lipinski definition) is 4. The molecule has 1 aliphatic heterocycles. The number of rotatable bonds is 8. The van der Waals surface area contributed by atoms with Crippen molar-refractivity contribution in [2.45, 2.75) is 34.6 Å². The van der Waals surface area contributed by atoms with Gasteiger partial charge >= 0.3 is 0 Å². The zero-order valence-electron chi connectivity index (χ0n) is 16.3. The second kappa shape index (κ2) is 9.23. The molecule has 1 N–H and O–H groups in total. The summed E-state index contributed by atoms with van der Waals surface area (Å²) in [6, 6.07) is 0. The van der Waals surface area contributed by atoms with Gasteiger partial charge in [0.25, 0.3) is 0 Å². The van der Waals surface area contributed by atoms with Gasteiger partial charge in [-0.25, -0.2) is 0 Å². The molecule has 0 atom stereocenters. The van der Waals surface area contributed by atoms with Gasteiger partial charge in [-0.05, 0) is 13.1 Å². The van der Waals surface area contributed by atoms with Crippen molar-refractivity contribution < 1.29 is 4.79 Å². The molecule has 1 heterocycles. The van der Waals surface area contributed by atoms with Gasteiger partial charge in [-0.3, -0.25) is 14.6 Å². The first kappa shape index (κ1) is 20.7. The van der Waals surface area contributed by atoms with Crippen molar-refractivity contribution in [1.82, 2.24) is 20.0 Å². The number of nitrogens with one attached hydrogen (secondary N) is 1. The van der Waals surface area contributed by atoms with Crippen LogP contribution in [0.1, 0.15) is 34.6 Å². The Hall–Kier alpha value is -1.33. The largest absolute Gasteiger partial charge is 0.372 e. The van der Waals surface area contributed by atoms with Crippen LogP contribution in [0.3, 0.4) is 0 Å². The number of likely N-dealkylation sites (N-methyl/N-ethyl adjacent to an activating group) is 1. The molecule has 0 bridgehead atoms. The summed E-state index contributed by atoms with van der Waals surface area (Å²) in [5.74, 6) is 0.0266. The van der Waals surface area contributed by atoms with Crippen LogP contribution in [0.15, 0.2) is 24.6 Å². The van der Waals surface area contributed by atoms with Gasteiger partial charge in [0.2, 0.25) is 5.91 Å². The lowest BCUT2D eigenvalue weighted by atomic mass is 9.95. The van der Waals surface area contributed by atoms with E-state index in [-0.39, 0.29) is 11.3 Å². The van der Waals surface area contributed by atoms with Crippen LogP contribution in [-0.2, 0) is 4.79 Å². The Balaban J connectivity index is 2.36. The van der Waals surface area contributed by atoms with E-state index in [1.165, 1.54) is 5.70 Å². The lowest BCUT2D eigenvalue weighted by Gasteiger charge is -2.38. The second-order valence-electron chi connectivity index (χ2n) is 7.60. The van der Waals surface area contributed by atoms with E-state index in [1.54, 1.807) is 0 Å². The van der Waals surface area contributed by atoms with E-state index in [0.29, 0.717) is 0 Å². The molecule has 0 radical (unpaired) electrons. The fourth-order valence-corrected chi connectivity index (χ4v) is 2.69. The minimum absolute atomic E-state index is 0.0266. The molecule has 5 heteroatoms. The van der Waals surface area contributed by atoms with E-state index >= 15 is 0 Å². The molecule has 5 nitrogen and oxygen atoms in total. The van der Waals surface area contributed by atoms with E-state index in [1.807, 2.05) is 20.8 Å². The van der Waals surface area contributed by atoms with Gasteiger partial charge in [0.05, 0.1) is 0 Å². The number of carbonyl (C=O) groups is 1. The van der Waals surface area contributed by atoms with Crippen molar-refractivity contribution in [2.75, 3.05) is 52.4 Å². The number of hydrogen-bond donors (Lipinski definition) is 1. The van der Waals surface area contributed by atoms with Crippen LogP contribution in [-0.4, -0.2) is 73.0 Å². The minimum Gasteiger partial charge on any atom is -0.372 e. The van der Waals surface area contributed by atoms with E-state index < -0.39 is 0 Å². The van der Waals surface area contributed by atoms with Crippen LogP contribution in [0, 0.1) is 5.41 Å². The monoisotopic (exact) mass is 336 g/mol. The fraction of sp³-hybridized carbons (Fsp3) is 0.737. The van der Waals surface area contributed by atoms with Crippen LogP contribution in [0.5, 0.6) is 0 Å². The molecule has 1 saturated heterocycles. The van der Waals surface area contributed by atoms with E-state index in [9.17, 15) is 4.79 Å². The molecule has 24 heavy (non-hydrogen) atoms. The molecule has 1 amide bonds. The Bertz CT molecular complexity index is 441. The Morgan fingerprint density at radius 2 is 1.62 bits per heavy atom. The summed E-state index contributed by atoms with van der Waals surface area (Å²) in [4.78, 5) is 19.1. The maximum absolute atomic E-state index is 12.0. The SMILES string of the molecule is C=C(CN1CCN(C(=C)CN(CC)CC)CC1)NC(=O)C(C)(C)C. The average molecular weight is 337 g/mol. The van der Waals surface area contributed by atoms with Crippen molar-refractivity contribution in [3.63, 3.8) is 0 Å². The highest BCUT2D eigenvalue weighted by Gasteiger charge is 2.23. The van der Waals surface area contributed by atoms with Gasteiger partial charge in [0.15, 0.2) is 0 Å². The van der Waals surface area contributed by atoms with Gasteiger partial charge in [0.1, 0.15) is 0 Å². The maximum Gasteiger partial charge on any atom is 0.229 e. The van der Waals surface area contributed by atoms with Crippen molar-refractivity contribution in [3.05, 3.63) is 24.6 Å². The summed E-state index contributed by atoms with van der Waals surface area (Å²) in [7, 11) is 0. The van der Waals surface area contributed by atoms with Crippen molar-refractivity contribution in [1.29, 1.82) is 0 Å². The molecule has 0 aromatic rings. The smallest absolute Gasteiger partial charge is 0.229 e. The third-order valence-electron chi connectivity index (χ3n) is 4.51. The number of piperazine rings is 1. The first-order valence-corrected chi connectivity index (χ1v) is 9.04. The Labute approximate surface area is 148 Å². The van der Waals surface area contributed by atoms with Crippen molar-refractivity contribution in [3.8, 4) is 0 Å².